The first kappa shape index (κ1) is 10.5. The summed E-state index contributed by atoms with van der Waals surface area (Å²) in [6, 6.07) is 6.81. The van der Waals surface area contributed by atoms with E-state index in [0.717, 1.165) is 5.56 Å². The SMILES string of the molecule is CN(Cc1cc[nH]c1)c1cccc(F)c1N. The quantitative estimate of drug-likeness (QED) is 0.778. The Kier molecular flexibility index (Phi) is 2.81. The predicted molar refractivity (Wildman–Crippen MR) is 63.7 cm³/mol. The Morgan fingerprint density at radius 1 is 1.38 bits per heavy atom. The zero-order valence-corrected chi connectivity index (χ0v) is 9.07. The minimum absolute atomic E-state index is 0.195. The number of para-hydroxylation sites is 1. The Morgan fingerprint density at radius 2 is 2.19 bits per heavy atom. The van der Waals surface area contributed by atoms with E-state index in [9.17, 15) is 4.39 Å². The number of anilines is 2. The Balaban J connectivity index is 2.21. The van der Waals surface area contributed by atoms with Crippen LogP contribution in [-0.2, 0) is 6.54 Å². The van der Waals surface area contributed by atoms with E-state index >= 15 is 0 Å². The molecule has 84 valence electrons. The van der Waals surface area contributed by atoms with Crippen molar-refractivity contribution in [3.8, 4) is 0 Å². The lowest BCUT2D eigenvalue weighted by Gasteiger charge is -2.20. The normalized spacial score (nSPS) is 10.4. The first-order chi connectivity index (χ1) is 7.68. The minimum atomic E-state index is -0.376. The lowest BCUT2D eigenvalue weighted by Crippen LogP contribution is -2.17. The van der Waals surface area contributed by atoms with E-state index in [1.54, 1.807) is 6.07 Å². The molecule has 2 rings (SSSR count). The largest absolute Gasteiger partial charge is 0.395 e. The highest BCUT2D eigenvalue weighted by Gasteiger charge is 2.09. The number of hydrogen-bond acceptors (Lipinski definition) is 2. The molecule has 0 bridgehead atoms. The second kappa shape index (κ2) is 4.26. The number of H-pyrrole nitrogens is 1. The molecule has 0 aliphatic carbocycles. The van der Waals surface area contributed by atoms with Gasteiger partial charge in [-0.2, -0.15) is 0 Å². The van der Waals surface area contributed by atoms with Crippen LogP contribution in [0.3, 0.4) is 0 Å². The van der Waals surface area contributed by atoms with Gasteiger partial charge in [-0.15, -0.1) is 0 Å². The van der Waals surface area contributed by atoms with Gasteiger partial charge in [0, 0.05) is 26.0 Å². The molecule has 2 aromatic rings. The number of aromatic nitrogens is 1. The van der Waals surface area contributed by atoms with E-state index in [2.05, 4.69) is 4.98 Å². The zero-order chi connectivity index (χ0) is 11.5. The number of hydrogen-bond donors (Lipinski definition) is 2. The second-order valence-corrected chi connectivity index (χ2v) is 3.75. The number of nitrogen functional groups attached to an aromatic ring is 1. The molecule has 3 N–H and O–H groups in total. The molecule has 0 amide bonds. The fraction of sp³-hybridized carbons (Fsp3) is 0.167. The third-order valence-electron chi connectivity index (χ3n) is 2.52. The van der Waals surface area contributed by atoms with Crippen molar-refractivity contribution < 1.29 is 4.39 Å². The van der Waals surface area contributed by atoms with E-state index in [1.165, 1.54) is 6.07 Å². The molecule has 0 spiro atoms. The van der Waals surface area contributed by atoms with E-state index < -0.39 is 0 Å². The van der Waals surface area contributed by atoms with Crippen LogP contribution in [0.1, 0.15) is 5.56 Å². The van der Waals surface area contributed by atoms with Crippen molar-refractivity contribution in [2.24, 2.45) is 0 Å². The van der Waals surface area contributed by atoms with Crippen molar-refractivity contribution >= 4 is 11.4 Å². The standard InChI is InChI=1S/C12H14FN3/c1-16(8-9-5-6-15-7-9)11-4-2-3-10(13)12(11)14/h2-7,15H,8,14H2,1H3. The van der Waals surface area contributed by atoms with Crippen molar-refractivity contribution in [1.29, 1.82) is 0 Å². The number of nitrogens with two attached hydrogens (primary N) is 1. The van der Waals surface area contributed by atoms with E-state index in [1.807, 2.05) is 36.5 Å². The smallest absolute Gasteiger partial charge is 0.148 e. The van der Waals surface area contributed by atoms with Crippen molar-refractivity contribution in [2.75, 3.05) is 17.7 Å². The summed E-state index contributed by atoms with van der Waals surface area (Å²) in [5.41, 5.74) is 7.72. The van der Waals surface area contributed by atoms with Gasteiger partial charge in [0.1, 0.15) is 5.82 Å². The summed E-state index contributed by atoms with van der Waals surface area (Å²) in [6.07, 6.45) is 3.77. The molecule has 0 saturated carbocycles. The molecule has 0 saturated heterocycles. The zero-order valence-electron chi connectivity index (χ0n) is 9.07. The van der Waals surface area contributed by atoms with Crippen LogP contribution in [-0.4, -0.2) is 12.0 Å². The highest BCUT2D eigenvalue weighted by molar-refractivity contribution is 5.67. The second-order valence-electron chi connectivity index (χ2n) is 3.75. The maximum absolute atomic E-state index is 13.3. The van der Waals surface area contributed by atoms with Gasteiger partial charge in [-0.25, -0.2) is 4.39 Å². The molecular formula is C12H14FN3. The molecule has 0 aliphatic rings. The van der Waals surface area contributed by atoms with Crippen molar-refractivity contribution in [1.82, 2.24) is 4.98 Å². The van der Waals surface area contributed by atoms with Gasteiger partial charge in [-0.05, 0) is 23.8 Å². The number of halogens is 1. The molecule has 3 nitrogen and oxygen atoms in total. The average molecular weight is 219 g/mol. The van der Waals surface area contributed by atoms with Crippen molar-refractivity contribution in [3.63, 3.8) is 0 Å². The number of nitrogens with one attached hydrogen (secondary N) is 1. The summed E-state index contributed by atoms with van der Waals surface area (Å²) >= 11 is 0. The highest BCUT2D eigenvalue weighted by Crippen LogP contribution is 2.25. The molecule has 1 aromatic carbocycles. The van der Waals surface area contributed by atoms with Gasteiger partial charge in [-0.1, -0.05) is 6.07 Å². The fourth-order valence-electron chi connectivity index (χ4n) is 1.67. The van der Waals surface area contributed by atoms with Crippen LogP contribution >= 0.6 is 0 Å². The van der Waals surface area contributed by atoms with Gasteiger partial charge < -0.3 is 15.6 Å². The lowest BCUT2D eigenvalue weighted by molar-refractivity contribution is 0.632. The molecule has 4 heteroatoms. The van der Waals surface area contributed by atoms with E-state index in [-0.39, 0.29) is 11.5 Å². The Labute approximate surface area is 93.7 Å². The van der Waals surface area contributed by atoms with Crippen molar-refractivity contribution in [3.05, 3.63) is 48.0 Å². The third kappa shape index (κ3) is 2.00. The van der Waals surface area contributed by atoms with Crippen LogP contribution in [0.25, 0.3) is 0 Å². The maximum atomic E-state index is 13.3. The molecule has 16 heavy (non-hydrogen) atoms. The molecule has 0 radical (unpaired) electrons. The monoisotopic (exact) mass is 219 g/mol. The predicted octanol–water partition coefficient (Wildman–Crippen LogP) is 2.37. The topological polar surface area (TPSA) is 45.0 Å². The summed E-state index contributed by atoms with van der Waals surface area (Å²) in [6.45, 7) is 0.692. The molecule has 1 aromatic heterocycles. The first-order valence-electron chi connectivity index (χ1n) is 5.05. The third-order valence-corrected chi connectivity index (χ3v) is 2.52. The van der Waals surface area contributed by atoms with Crippen LogP contribution in [0.2, 0.25) is 0 Å². The summed E-state index contributed by atoms with van der Waals surface area (Å²) in [4.78, 5) is 4.90. The van der Waals surface area contributed by atoms with Gasteiger partial charge in [0.15, 0.2) is 0 Å². The average Bonchev–Trinajstić information content (AvgIpc) is 2.74. The Bertz CT molecular complexity index is 465. The number of rotatable bonds is 3. The number of aromatic amines is 1. The van der Waals surface area contributed by atoms with Crippen LogP contribution < -0.4 is 10.6 Å². The van der Waals surface area contributed by atoms with Gasteiger partial charge in [0.2, 0.25) is 0 Å². The number of nitrogens with zero attached hydrogens (tertiary/aromatic N) is 1. The van der Waals surface area contributed by atoms with Crippen molar-refractivity contribution in [2.45, 2.75) is 6.54 Å². The van der Waals surface area contributed by atoms with E-state index in [0.29, 0.717) is 12.2 Å². The maximum Gasteiger partial charge on any atom is 0.148 e. The van der Waals surface area contributed by atoms with Gasteiger partial charge >= 0.3 is 0 Å². The van der Waals surface area contributed by atoms with Crippen LogP contribution in [0.5, 0.6) is 0 Å². The molecule has 1 heterocycles. The molecule has 0 atom stereocenters. The van der Waals surface area contributed by atoms with Gasteiger partial charge in [-0.3, -0.25) is 0 Å². The summed E-state index contributed by atoms with van der Waals surface area (Å²) < 4.78 is 13.3. The van der Waals surface area contributed by atoms with E-state index in [4.69, 9.17) is 5.73 Å². The Morgan fingerprint density at radius 3 is 2.88 bits per heavy atom. The molecular weight excluding hydrogens is 205 g/mol. The highest BCUT2D eigenvalue weighted by atomic mass is 19.1. The lowest BCUT2D eigenvalue weighted by atomic mass is 10.2. The minimum Gasteiger partial charge on any atom is -0.395 e. The summed E-state index contributed by atoms with van der Waals surface area (Å²) in [7, 11) is 1.89. The number of benzene rings is 1. The van der Waals surface area contributed by atoms with Crippen LogP contribution in [0.4, 0.5) is 15.8 Å². The molecule has 0 unspecified atom stereocenters. The Hall–Kier alpha value is -1.97. The van der Waals surface area contributed by atoms with Gasteiger partial charge in [0.25, 0.3) is 0 Å². The summed E-state index contributed by atoms with van der Waals surface area (Å²) in [5.74, 6) is -0.376. The first-order valence-corrected chi connectivity index (χ1v) is 5.05. The van der Waals surface area contributed by atoms with Crippen LogP contribution in [0.15, 0.2) is 36.7 Å². The molecule has 0 aliphatic heterocycles. The molecule has 0 fully saturated rings. The van der Waals surface area contributed by atoms with Crippen LogP contribution in [0, 0.1) is 5.82 Å². The summed E-state index contributed by atoms with van der Waals surface area (Å²) in [5, 5.41) is 0. The van der Waals surface area contributed by atoms with Gasteiger partial charge in [0.05, 0.1) is 11.4 Å². The fourth-order valence-corrected chi connectivity index (χ4v) is 1.67.